The molecule has 1 aromatic carbocycles. The lowest BCUT2D eigenvalue weighted by molar-refractivity contribution is 0.151. The van der Waals surface area contributed by atoms with Crippen LogP contribution >= 0.6 is 11.3 Å². The lowest BCUT2D eigenvalue weighted by atomic mass is 9.92. The molecule has 0 amide bonds. The summed E-state index contributed by atoms with van der Waals surface area (Å²) in [6.07, 6.45) is -0.511. The number of rotatable bonds is 4. The fourth-order valence-electron chi connectivity index (χ4n) is 1.92. The quantitative estimate of drug-likeness (QED) is 0.872. The average Bonchev–Trinajstić information content (AvgIpc) is 2.86. The van der Waals surface area contributed by atoms with E-state index in [2.05, 4.69) is 19.1 Å². The van der Waals surface area contributed by atoms with E-state index >= 15 is 0 Å². The van der Waals surface area contributed by atoms with Gasteiger partial charge in [-0.2, -0.15) is 0 Å². The van der Waals surface area contributed by atoms with E-state index in [-0.39, 0.29) is 5.92 Å². The highest BCUT2D eigenvalue weighted by Crippen LogP contribution is 2.32. The number of aliphatic hydroxyl groups is 1. The van der Waals surface area contributed by atoms with Crippen LogP contribution in [0, 0.1) is 6.92 Å². The Bertz CT molecular complexity index is 450. The Kier molecular flexibility index (Phi) is 3.94. The van der Waals surface area contributed by atoms with Gasteiger partial charge in [0.25, 0.3) is 0 Å². The van der Waals surface area contributed by atoms with Crippen molar-refractivity contribution in [1.29, 1.82) is 0 Å². The van der Waals surface area contributed by atoms with E-state index in [1.54, 1.807) is 11.3 Å². The number of thiophene rings is 1. The Morgan fingerprint density at radius 1 is 1.24 bits per heavy atom. The lowest BCUT2D eigenvalue weighted by Crippen LogP contribution is -2.19. The van der Waals surface area contributed by atoms with Crippen LogP contribution in [0.4, 0.5) is 0 Å². The van der Waals surface area contributed by atoms with Crippen molar-refractivity contribution in [3.05, 3.63) is 57.8 Å². The molecule has 0 aliphatic carbocycles. The van der Waals surface area contributed by atoms with Gasteiger partial charge in [0.2, 0.25) is 0 Å². The standard InChI is InChI=1S/C14H17NOS/c1-10-4-6-11(7-5-10)12(9-15)14(16)13-3-2-8-17-13/h2-8,12,14,16H,9,15H2,1H3. The van der Waals surface area contributed by atoms with Crippen molar-refractivity contribution in [3.8, 4) is 0 Å². The van der Waals surface area contributed by atoms with Crippen LogP contribution in [0.25, 0.3) is 0 Å². The van der Waals surface area contributed by atoms with E-state index in [4.69, 9.17) is 5.73 Å². The third kappa shape index (κ3) is 2.75. The van der Waals surface area contributed by atoms with Crippen LogP contribution < -0.4 is 5.73 Å². The summed E-state index contributed by atoms with van der Waals surface area (Å²) in [7, 11) is 0. The molecule has 0 aliphatic heterocycles. The smallest absolute Gasteiger partial charge is 0.0962 e. The zero-order valence-electron chi connectivity index (χ0n) is 9.84. The molecule has 90 valence electrons. The van der Waals surface area contributed by atoms with Crippen molar-refractivity contribution < 1.29 is 5.11 Å². The second kappa shape index (κ2) is 5.45. The molecule has 1 aromatic heterocycles. The minimum absolute atomic E-state index is 0.0331. The summed E-state index contributed by atoms with van der Waals surface area (Å²) in [5, 5.41) is 12.3. The van der Waals surface area contributed by atoms with E-state index in [9.17, 15) is 5.11 Å². The van der Waals surface area contributed by atoms with Gasteiger partial charge in [-0.15, -0.1) is 11.3 Å². The first kappa shape index (κ1) is 12.3. The minimum Gasteiger partial charge on any atom is -0.387 e. The monoisotopic (exact) mass is 247 g/mol. The number of aryl methyl sites for hydroxylation is 1. The molecule has 17 heavy (non-hydrogen) atoms. The van der Waals surface area contributed by atoms with Crippen molar-refractivity contribution in [3.63, 3.8) is 0 Å². The average molecular weight is 247 g/mol. The fourth-order valence-corrected chi connectivity index (χ4v) is 2.69. The summed E-state index contributed by atoms with van der Waals surface area (Å²) in [5.74, 6) is -0.0331. The maximum absolute atomic E-state index is 10.3. The molecule has 0 bridgehead atoms. The fraction of sp³-hybridized carbons (Fsp3) is 0.286. The molecule has 2 aromatic rings. The van der Waals surface area contributed by atoms with Gasteiger partial charge < -0.3 is 10.8 Å². The number of benzene rings is 1. The topological polar surface area (TPSA) is 46.2 Å². The molecule has 0 fully saturated rings. The minimum atomic E-state index is -0.511. The molecule has 1 heterocycles. The Labute approximate surface area is 106 Å². The zero-order valence-corrected chi connectivity index (χ0v) is 10.7. The lowest BCUT2D eigenvalue weighted by Gasteiger charge is -2.21. The van der Waals surface area contributed by atoms with Gasteiger partial charge in [-0.25, -0.2) is 0 Å². The normalized spacial score (nSPS) is 14.5. The van der Waals surface area contributed by atoms with Crippen LogP contribution in [0.2, 0.25) is 0 Å². The Morgan fingerprint density at radius 2 is 1.94 bits per heavy atom. The number of hydrogen-bond donors (Lipinski definition) is 2. The van der Waals surface area contributed by atoms with Crippen molar-refractivity contribution in [1.82, 2.24) is 0 Å². The van der Waals surface area contributed by atoms with Gasteiger partial charge in [-0.3, -0.25) is 0 Å². The van der Waals surface area contributed by atoms with Crippen LogP contribution in [0.5, 0.6) is 0 Å². The summed E-state index contributed by atoms with van der Waals surface area (Å²) < 4.78 is 0. The molecule has 0 spiro atoms. The van der Waals surface area contributed by atoms with Gasteiger partial charge in [0.15, 0.2) is 0 Å². The van der Waals surface area contributed by atoms with E-state index in [1.165, 1.54) is 5.56 Å². The highest BCUT2D eigenvalue weighted by Gasteiger charge is 2.21. The zero-order chi connectivity index (χ0) is 12.3. The second-order valence-corrected chi connectivity index (χ2v) is 5.19. The first-order valence-electron chi connectivity index (χ1n) is 5.70. The van der Waals surface area contributed by atoms with Gasteiger partial charge in [-0.1, -0.05) is 35.9 Å². The highest BCUT2D eigenvalue weighted by atomic mass is 32.1. The van der Waals surface area contributed by atoms with Crippen LogP contribution in [0.3, 0.4) is 0 Å². The van der Waals surface area contributed by atoms with Crippen LogP contribution in [0.15, 0.2) is 41.8 Å². The predicted molar refractivity (Wildman–Crippen MR) is 72.3 cm³/mol. The van der Waals surface area contributed by atoms with Crippen LogP contribution in [0.1, 0.15) is 28.0 Å². The van der Waals surface area contributed by atoms with Crippen molar-refractivity contribution >= 4 is 11.3 Å². The van der Waals surface area contributed by atoms with E-state index in [1.807, 2.05) is 29.6 Å². The van der Waals surface area contributed by atoms with Crippen LogP contribution in [-0.2, 0) is 0 Å². The largest absolute Gasteiger partial charge is 0.387 e. The number of nitrogens with two attached hydrogens (primary N) is 1. The van der Waals surface area contributed by atoms with Gasteiger partial charge in [0.1, 0.15) is 0 Å². The molecule has 2 atom stereocenters. The molecule has 3 heteroatoms. The van der Waals surface area contributed by atoms with Gasteiger partial charge in [0, 0.05) is 17.3 Å². The molecular weight excluding hydrogens is 230 g/mol. The molecule has 2 nitrogen and oxygen atoms in total. The summed E-state index contributed by atoms with van der Waals surface area (Å²) >= 11 is 1.57. The summed E-state index contributed by atoms with van der Waals surface area (Å²) in [6.45, 7) is 2.50. The summed E-state index contributed by atoms with van der Waals surface area (Å²) in [5.41, 5.74) is 8.11. The third-order valence-electron chi connectivity index (χ3n) is 2.98. The van der Waals surface area contributed by atoms with E-state index < -0.39 is 6.10 Å². The Morgan fingerprint density at radius 3 is 2.47 bits per heavy atom. The number of hydrogen-bond acceptors (Lipinski definition) is 3. The SMILES string of the molecule is Cc1ccc(C(CN)C(O)c2cccs2)cc1. The first-order valence-corrected chi connectivity index (χ1v) is 6.58. The predicted octanol–water partition coefficient (Wildman–Crippen LogP) is 2.83. The Hall–Kier alpha value is -1.16. The molecule has 2 rings (SSSR count). The van der Waals surface area contributed by atoms with E-state index in [0.29, 0.717) is 6.54 Å². The highest BCUT2D eigenvalue weighted by molar-refractivity contribution is 7.10. The van der Waals surface area contributed by atoms with E-state index in [0.717, 1.165) is 10.4 Å². The van der Waals surface area contributed by atoms with Gasteiger partial charge in [-0.05, 0) is 23.9 Å². The van der Waals surface area contributed by atoms with Crippen molar-refractivity contribution in [2.24, 2.45) is 5.73 Å². The third-order valence-corrected chi connectivity index (χ3v) is 3.92. The number of aliphatic hydroxyl groups excluding tert-OH is 1. The first-order chi connectivity index (χ1) is 8.22. The van der Waals surface area contributed by atoms with Crippen molar-refractivity contribution in [2.45, 2.75) is 18.9 Å². The van der Waals surface area contributed by atoms with Gasteiger partial charge in [0.05, 0.1) is 6.10 Å². The van der Waals surface area contributed by atoms with Gasteiger partial charge >= 0.3 is 0 Å². The summed E-state index contributed by atoms with van der Waals surface area (Å²) in [4.78, 5) is 0.973. The van der Waals surface area contributed by atoms with Crippen molar-refractivity contribution in [2.75, 3.05) is 6.54 Å². The molecular formula is C14H17NOS. The molecule has 3 N–H and O–H groups in total. The summed E-state index contributed by atoms with van der Waals surface area (Å²) in [6, 6.07) is 12.1. The molecule has 0 saturated heterocycles. The molecule has 0 aliphatic rings. The maximum Gasteiger partial charge on any atom is 0.0962 e. The maximum atomic E-state index is 10.3. The molecule has 0 radical (unpaired) electrons. The van der Waals surface area contributed by atoms with Crippen LogP contribution in [-0.4, -0.2) is 11.7 Å². The Balaban J connectivity index is 2.24. The second-order valence-electron chi connectivity index (χ2n) is 4.21. The molecule has 2 unspecified atom stereocenters. The molecule has 0 saturated carbocycles.